The third-order valence-corrected chi connectivity index (χ3v) is 2.73. The van der Waals surface area contributed by atoms with E-state index in [0.717, 1.165) is 6.07 Å². The van der Waals surface area contributed by atoms with Crippen LogP contribution in [-0.2, 0) is 20.7 Å². The van der Waals surface area contributed by atoms with Gasteiger partial charge in [0.05, 0.1) is 6.42 Å². The average molecular weight is 305 g/mol. The van der Waals surface area contributed by atoms with E-state index in [0.29, 0.717) is 5.56 Å². The average Bonchev–Trinajstić information content (AvgIpc) is 2.48. The van der Waals surface area contributed by atoms with Gasteiger partial charge >= 0.3 is 5.97 Å². The number of benzene rings is 2. The van der Waals surface area contributed by atoms with Crippen molar-refractivity contribution in [2.75, 3.05) is 11.9 Å². The molecule has 0 saturated heterocycles. The first-order valence-electron chi connectivity index (χ1n) is 6.48. The third kappa shape index (κ3) is 4.97. The minimum atomic E-state index is -0.610. The van der Waals surface area contributed by atoms with Crippen molar-refractivity contribution in [2.24, 2.45) is 0 Å². The fraction of sp³-hybridized carbons (Fsp3) is 0.125. The smallest absolute Gasteiger partial charge is 0.310 e. The van der Waals surface area contributed by atoms with E-state index in [-0.39, 0.29) is 12.1 Å². The Morgan fingerprint density at radius 3 is 2.41 bits per heavy atom. The quantitative estimate of drug-likeness (QED) is 0.864. The van der Waals surface area contributed by atoms with Gasteiger partial charge < -0.3 is 10.1 Å². The van der Waals surface area contributed by atoms with Gasteiger partial charge in [-0.3, -0.25) is 9.59 Å². The molecule has 0 aliphatic carbocycles. The number of hydrogen-bond acceptors (Lipinski definition) is 3. The Kier molecular flexibility index (Phi) is 5.19. The summed E-state index contributed by atoms with van der Waals surface area (Å²) >= 11 is 0. The molecule has 0 fully saturated rings. The molecule has 6 heteroatoms. The predicted octanol–water partition coefficient (Wildman–Crippen LogP) is 2.69. The molecule has 0 radical (unpaired) electrons. The molecule has 0 aliphatic heterocycles. The van der Waals surface area contributed by atoms with E-state index >= 15 is 0 Å². The Morgan fingerprint density at radius 1 is 1.00 bits per heavy atom. The number of hydrogen-bond donors (Lipinski definition) is 1. The largest absolute Gasteiger partial charge is 0.455 e. The van der Waals surface area contributed by atoms with E-state index in [1.165, 1.54) is 42.5 Å². The normalized spacial score (nSPS) is 10.1. The zero-order valence-corrected chi connectivity index (χ0v) is 11.5. The van der Waals surface area contributed by atoms with Crippen molar-refractivity contribution >= 4 is 17.6 Å². The summed E-state index contributed by atoms with van der Waals surface area (Å²) in [5, 5.41) is 2.40. The van der Waals surface area contributed by atoms with Crippen LogP contribution in [0, 0.1) is 11.6 Å². The van der Waals surface area contributed by atoms with E-state index in [9.17, 15) is 18.4 Å². The highest BCUT2D eigenvalue weighted by molar-refractivity contribution is 5.92. The second-order valence-electron chi connectivity index (χ2n) is 4.52. The van der Waals surface area contributed by atoms with Gasteiger partial charge in [0.15, 0.2) is 6.61 Å². The van der Waals surface area contributed by atoms with Gasteiger partial charge in [-0.15, -0.1) is 0 Å². The minimum absolute atomic E-state index is 0.0620. The minimum Gasteiger partial charge on any atom is -0.455 e. The lowest BCUT2D eigenvalue weighted by molar-refractivity contribution is -0.146. The molecule has 0 heterocycles. The number of carbonyl (C=O) groups excluding carboxylic acids is 2. The molecule has 114 valence electrons. The van der Waals surface area contributed by atoms with Crippen LogP contribution in [0.5, 0.6) is 0 Å². The van der Waals surface area contributed by atoms with Gasteiger partial charge in [-0.2, -0.15) is 0 Å². The number of ether oxygens (including phenoxy) is 1. The summed E-state index contributed by atoms with van der Waals surface area (Å²) in [6, 6.07) is 10.8. The van der Waals surface area contributed by atoms with Gasteiger partial charge in [0.1, 0.15) is 11.6 Å². The summed E-state index contributed by atoms with van der Waals surface area (Å²) < 4.78 is 30.5. The van der Waals surface area contributed by atoms with E-state index < -0.39 is 30.1 Å². The predicted molar refractivity (Wildman–Crippen MR) is 76.1 cm³/mol. The molecule has 0 unspecified atom stereocenters. The number of esters is 1. The number of amides is 1. The number of nitrogens with one attached hydrogen (secondary N) is 1. The summed E-state index contributed by atoms with van der Waals surface area (Å²) in [6.45, 7) is -0.476. The molecule has 1 amide bonds. The lowest BCUT2D eigenvalue weighted by Gasteiger charge is -2.07. The zero-order valence-electron chi connectivity index (χ0n) is 11.5. The molecule has 4 nitrogen and oxygen atoms in total. The van der Waals surface area contributed by atoms with Gasteiger partial charge in [-0.1, -0.05) is 18.2 Å². The molecular formula is C16H13F2NO3. The first-order chi connectivity index (χ1) is 10.5. The van der Waals surface area contributed by atoms with E-state index in [2.05, 4.69) is 5.32 Å². The van der Waals surface area contributed by atoms with Crippen LogP contribution in [0.15, 0.2) is 48.5 Å². The van der Waals surface area contributed by atoms with Crippen LogP contribution >= 0.6 is 0 Å². The van der Waals surface area contributed by atoms with Gasteiger partial charge in [-0.05, 0) is 35.9 Å². The van der Waals surface area contributed by atoms with Crippen LogP contribution in [0.3, 0.4) is 0 Å². The van der Waals surface area contributed by atoms with Crippen molar-refractivity contribution in [1.82, 2.24) is 0 Å². The molecule has 0 aliphatic rings. The van der Waals surface area contributed by atoms with Crippen LogP contribution in [0.25, 0.3) is 0 Å². The van der Waals surface area contributed by atoms with Crippen molar-refractivity contribution in [3.8, 4) is 0 Å². The summed E-state index contributed by atoms with van der Waals surface area (Å²) in [4.78, 5) is 23.1. The topological polar surface area (TPSA) is 55.4 Å². The highest BCUT2D eigenvalue weighted by Gasteiger charge is 2.09. The second kappa shape index (κ2) is 7.31. The monoisotopic (exact) mass is 305 g/mol. The Labute approximate surface area is 125 Å². The molecule has 22 heavy (non-hydrogen) atoms. The highest BCUT2D eigenvalue weighted by atomic mass is 19.1. The van der Waals surface area contributed by atoms with Crippen molar-refractivity contribution < 1.29 is 23.1 Å². The van der Waals surface area contributed by atoms with Gasteiger partial charge in [0, 0.05) is 5.69 Å². The molecule has 1 N–H and O–H groups in total. The lowest BCUT2D eigenvalue weighted by atomic mass is 10.1. The Hall–Kier alpha value is -2.76. The summed E-state index contributed by atoms with van der Waals surface area (Å²) in [7, 11) is 0. The molecular weight excluding hydrogens is 292 g/mol. The van der Waals surface area contributed by atoms with E-state index in [1.54, 1.807) is 0 Å². The Balaban J connectivity index is 1.78. The Morgan fingerprint density at radius 2 is 1.73 bits per heavy atom. The van der Waals surface area contributed by atoms with Gasteiger partial charge in [-0.25, -0.2) is 8.78 Å². The molecule has 0 aromatic heterocycles. The zero-order chi connectivity index (χ0) is 15.9. The number of rotatable bonds is 5. The first-order valence-corrected chi connectivity index (χ1v) is 6.48. The summed E-state index contributed by atoms with van der Waals surface area (Å²) in [6.07, 6.45) is -0.0620. The first kappa shape index (κ1) is 15.6. The number of anilines is 1. The number of carbonyl (C=O) groups is 2. The maximum Gasteiger partial charge on any atom is 0.310 e. The molecule has 2 aromatic rings. The number of halogens is 2. The molecule has 0 spiro atoms. The van der Waals surface area contributed by atoms with E-state index in [1.807, 2.05) is 0 Å². The van der Waals surface area contributed by atoms with Crippen molar-refractivity contribution in [2.45, 2.75) is 6.42 Å². The molecule has 2 aromatic carbocycles. The molecule has 0 bridgehead atoms. The summed E-state index contributed by atoms with van der Waals surface area (Å²) in [5.41, 5.74) is 0.858. The fourth-order valence-corrected chi connectivity index (χ4v) is 1.73. The van der Waals surface area contributed by atoms with Crippen LogP contribution in [-0.4, -0.2) is 18.5 Å². The van der Waals surface area contributed by atoms with Crippen LogP contribution < -0.4 is 5.32 Å². The molecule has 0 saturated carbocycles. The molecule has 2 rings (SSSR count). The van der Waals surface area contributed by atoms with Gasteiger partial charge in [0.2, 0.25) is 0 Å². The van der Waals surface area contributed by atoms with Crippen molar-refractivity contribution in [3.63, 3.8) is 0 Å². The fourth-order valence-electron chi connectivity index (χ4n) is 1.73. The SMILES string of the molecule is O=C(COC(=O)Cc1ccc(F)cc1)Nc1cccc(F)c1. The molecule has 0 atom stereocenters. The summed E-state index contributed by atoms with van der Waals surface area (Å²) in [5.74, 6) is -2.06. The van der Waals surface area contributed by atoms with Crippen LogP contribution in [0.1, 0.15) is 5.56 Å². The van der Waals surface area contributed by atoms with Crippen LogP contribution in [0.2, 0.25) is 0 Å². The third-order valence-electron chi connectivity index (χ3n) is 2.73. The van der Waals surface area contributed by atoms with Crippen LogP contribution in [0.4, 0.5) is 14.5 Å². The highest BCUT2D eigenvalue weighted by Crippen LogP contribution is 2.09. The van der Waals surface area contributed by atoms with Crippen molar-refractivity contribution in [1.29, 1.82) is 0 Å². The standard InChI is InChI=1S/C16H13F2NO3/c17-12-6-4-11(5-7-12)8-16(21)22-10-15(20)19-14-3-1-2-13(18)9-14/h1-7,9H,8,10H2,(H,19,20). The Bertz CT molecular complexity index is 671. The second-order valence-corrected chi connectivity index (χ2v) is 4.52. The van der Waals surface area contributed by atoms with Gasteiger partial charge in [0.25, 0.3) is 5.91 Å². The lowest BCUT2D eigenvalue weighted by Crippen LogP contribution is -2.21. The van der Waals surface area contributed by atoms with Crippen molar-refractivity contribution in [3.05, 3.63) is 65.7 Å². The van der Waals surface area contributed by atoms with E-state index in [4.69, 9.17) is 4.74 Å². The maximum atomic E-state index is 12.9. The maximum absolute atomic E-state index is 12.9.